The van der Waals surface area contributed by atoms with Crippen LogP contribution in [-0.2, 0) is 56.7 Å². The molecule has 0 spiro atoms. The van der Waals surface area contributed by atoms with E-state index in [9.17, 15) is 38.8 Å². The van der Waals surface area contributed by atoms with Crippen LogP contribution in [0.4, 0.5) is 0 Å². The molecule has 3 fully saturated rings. The van der Waals surface area contributed by atoms with Crippen LogP contribution in [-0.4, -0.2) is 140 Å². The molecule has 384 valence electrons. The fraction of sp³-hybridized carbons (Fsp3) is 0.750. The normalized spacial score (nSPS) is 37.7. The maximum atomic E-state index is 14.4. The first-order valence-corrected chi connectivity index (χ1v) is 27.3. The van der Waals surface area contributed by atoms with Crippen molar-refractivity contribution in [2.24, 2.45) is 35.5 Å². The summed E-state index contributed by atoms with van der Waals surface area (Å²) in [7, 11) is 1.75. The lowest BCUT2D eigenvalue weighted by Crippen LogP contribution is -2.61. The topological polar surface area (TPSA) is 201 Å². The molecular weight excluding hydrogens is 894 g/mol. The summed E-state index contributed by atoms with van der Waals surface area (Å²) >= 11 is 0. The summed E-state index contributed by atoms with van der Waals surface area (Å²) in [6.07, 6.45) is 12.7. The molecule has 3 heterocycles. The molecule has 0 aromatic rings. The van der Waals surface area contributed by atoms with Gasteiger partial charge in [0.2, 0.25) is 5.79 Å². The van der Waals surface area contributed by atoms with Gasteiger partial charge in [-0.15, -0.1) is 0 Å². The Morgan fingerprint density at radius 3 is 2.24 bits per heavy atom. The number of cyclic esters (lactones) is 1. The molecule has 2 N–H and O–H groups in total. The third kappa shape index (κ3) is 15.9. The van der Waals surface area contributed by atoms with E-state index in [-0.39, 0.29) is 60.9 Å². The maximum absolute atomic E-state index is 14.4. The zero-order chi connectivity index (χ0) is 50.5. The number of hydrogen-bond donors (Lipinski definition) is 2. The van der Waals surface area contributed by atoms with Gasteiger partial charge in [0.25, 0.3) is 11.7 Å². The summed E-state index contributed by atoms with van der Waals surface area (Å²) in [5, 5.41) is 23.2. The van der Waals surface area contributed by atoms with Gasteiger partial charge in [0.05, 0.1) is 24.4 Å². The van der Waals surface area contributed by atoms with E-state index in [2.05, 4.69) is 0 Å². The van der Waals surface area contributed by atoms with Crippen molar-refractivity contribution in [1.82, 2.24) is 4.90 Å². The first-order valence-electron chi connectivity index (χ1n) is 24.8. The van der Waals surface area contributed by atoms with Gasteiger partial charge >= 0.3 is 5.97 Å². The minimum Gasteiger partial charge on any atom is -0.460 e. The van der Waals surface area contributed by atoms with Gasteiger partial charge in [-0.2, -0.15) is 0 Å². The number of rotatable bonds is 8. The number of ether oxygens (including phenoxy) is 5. The fourth-order valence-corrected chi connectivity index (χ4v) is 11.1. The van der Waals surface area contributed by atoms with Crippen LogP contribution >= 0.6 is 7.37 Å². The van der Waals surface area contributed by atoms with Crippen molar-refractivity contribution in [2.75, 3.05) is 41.2 Å². The Balaban J connectivity index is 1.68. The summed E-state index contributed by atoms with van der Waals surface area (Å²) in [4.78, 5) is 71.8. The Hall–Kier alpha value is -3.14. The summed E-state index contributed by atoms with van der Waals surface area (Å²) < 4.78 is 48.0. The molecule has 15 nitrogen and oxygen atoms in total. The number of fused-ring (bicyclic) bond motifs is 3. The molecule has 1 aliphatic carbocycles. The second kappa shape index (κ2) is 26.3. The number of nitrogens with zero attached hydrogens (tertiary/aromatic N) is 1. The van der Waals surface area contributed by atoms with Gasteiger partial charge in [-0.05, 0) is 94.5 Å². The van der Waals surface area contributed by atoms with Crippen LogP contribution in [0, 0.1) is 35.5 Å². The van der Waals surface area contributed by atoms with E-state index in [1.807, 2.05) is 51.2 Å². The van der Waals surface area contributed by atoms with Crippen LogP contribution in [0.1, 0.15) is 119 Å². The number of aliphatic hydroxyl groups is 2. The lowest BCUT2D eigenvalue weighted by molar-refractivity contribution is -0.265. The second-order valence-electron chi connectivity index (χ2n) is 20.4. The van der Waals surface area contributed by atoms with Crippen molar-refractivity contribution in [3.8, 4) is 0 Å². The number of Topliss-reactive ketones (excluding diaryl/α,β-unsaturated/α-hetero) is 3. The van der Waals surface area contributed by atoms with E-state index in [1.165, 1.54) is 24.2 Å². The Bertz CT molecular complexity index is 1890. The molecule has 3 aliphatic heterocycles. The molecule has 1 saturated carbocycles. The standard InChI is InChI=1S/C52H82NO14P/c1-32-17-13-12-14-18-34(3)44(62-7)30-39-23-21-37(6)52(60,66-39)49(57)50(58)53-26-16-15-19-40(53)51(59)65-45(35(4)28-38-22-25-43(46(29-38)63-8)67-68(10,11)61)31-42(55)33(2)20-24-41(54)48(64-9)47(56)36(5)27-32/h12-14,17-18,20,24,32-33,35-41,43-46,48,54,60H,15-16,19,21-23,25-31H2,1-11H3/b14-12?,17-13+,24-20+,34-18?/t32-,33-,35-,36-,37-,38+,39+,40+,41-,43?,44+,45+,46-,48-,52-/m1/s1. The number of allylic oxidation sites excluding steroid dienone is 6. The van der Waals surface area contributed by atoms with Crippen molar-refractivity contribution in [2.45, 2.75) is 173 Å². The predicted molar refractivity (Wildman–Crippen MR) is 259 cm³/mol. The predicted octanol–water partition coefficient (Wildman–Crippen LogP) is 7.35. The highest BCUT2D eigenvalue weighted by molar-refractivity contribution is 7.57. The van der Waals surface area contributed by atoms with E-state index in [0.29, 0.717) is 57.8 Å². The van der Waals surface area contributed by atoms with Crippen LogP contribution in [0.15, 0.2) is 48.1 Å². The number of piperidine rings is 1. The molecule has 0 aromatic carbocycles. The fourth-order valence-electron chi connectivity index (χ4n) is 10.2. The first kappa shape index (κ1) is 57.4. The number of methoxy groups -OCH3 is 3. The molecule has 68 heavy (non-hydrogen) atoms. The van der Waals surface area contributed by atoms with Gasteiger partial charge in [0.15, 0.2) is 13.2 Å². The highest BCUT2D eigenvalue weighted by Crippen LogP contribution is 2.44. The summed E-state index contributed by atoms with van der Waals surface area (Å²) in [5.41, 5.74) is 0.875. The van der Waals surface area contributed by atoms with Gasteiger partial charge in [0, 0.05) is 71.8 Å². The average Bonchev–Trinajstić information content (AvgIpc) is 3.29. The van der Waals surface area contributed by atoms with Crippen molar-refractivity contribution in [1.29, 1.82) is 0 Å². The summed E-state index contributed by atoms with van der Waals surface area (Å²) in [6.45, 7) is 14.2. The zero-order valence-electron chi connectivity index (χ0n) is 42.5. The molecule has 0 aromatic heterocycles. The van der Waals surface area contributed by atoms with Crippen LogP contribution in [0.3, 0.4) is 0 Å². The Morgan fingerprint density at radius 2 is 1.57 bits per heavy atom. The molecule has 0 radical (unpaired) electrons. The number of aliphatic hydroxyl groups excluding tert-OH is 1. The van der Waals surface area contributed by atoms with Crippen LogP contribution in [0.5, 0.6) is 0 Å². The maximum Gasteiger partial charge on any atom is 0.329 e. The molecule has 4 aliphatic rings. The largest absolute Gasteiger partial charge is 0.460 e. The molecule has 4 rings (SSSR count). The van der Waals surface area contributed by atoms with Crippen molar-refractivity contribution >= 4 is 36.6 Å². The quantitative estimate of drug-likeness (QED) is 0.106. The smallest absolute Gasteiger partial charge is 0.329 e. The van der Waals surface area contributed by atoms with E-state index in [0.717, 1.165) is 12.0 Å². The van der Waals surface area contributed by atoms with E-state index >= 15 is 0 Å². The van der Waals surface area contributed by atoms with Crippen LogP contribution in [0.25, 0.3) is 0 Å². The molecule has 1 amide bonds. The van der Waals surface area contributed by atoms with Crippen LogP contribution in [0.2, 0.25) is 0 Å². The van der Waals surface area contributed by atoms with Gasteiger partial charge in [-0.3, -0.25) is 23.7 Å². The zero-order valence-corrected chi connectivity index (χ0v) is 43.4. The van der Waals surface area contributed by atoms with Crippen molar-refractivity contribution in [3.05, 3.63) is 48.1 Å². The Kier molecular flexibility index (Phi) is 22.3. The number of hydrogen-bond acceptors (Lipinski definition) is 14. The third-order valence-corrected chi connectivity index (χ3v) is 15.3. The minimum atomic E-state index is -2.79. The lowest BCUT2D eigenvalue weighted by atomic mass is 9.78. The third-order valence-electron chi connectivity index (χ3n) is 14.5. The Morgan fingerprint density at radius 1 is 0.853 bits per heavy atom. The van der Waals surface area contributed by atoms with Crippen molar-refractivity contribution in [3.63, 3.8) is 0 Å². The van der Waals surface area contributed by atoms with Gasteiger partial charge in [-0.25, -0.2) is 4.79 Å². The second-order valence-corrected chi connectivity index (χ2v) is 23.2. The van der Waals surface area contributed by atoms with Gasteiger partial charge in [0.1, 0.15) is 30.1 Å². The lowest BCUT2D eigenvalue weighted by Gasteiger charge is -2.42. The highest BCUT2D eigenvalue weighted by Gasteiger charge is 2.53. The number of carbonyl (C=O) groups is 5. The number of carbonyl (C=O) groups excluding carboxylic acids is 5. The minimum absolute atomic E-state index is 0.0153. The highest BCUT2D eigenvalue weighted by atomic mass is 31.2. The number of ketones is 3. The van der Waals surface area contributed by atoms with Gasteiger partial charge in [-0.1, -0.05) is 77.2 Å². The van der Waals surface area contributed by atoms with Gasteiger partial charge < -0.3 is 43.3 Å². The van der Waals surface area contributed by atoms with E-state index in [1.54, 1.807) is 48.3 Å². The summed E-state index contributed by atoms with van der Waals surface area (Å²) in [5.74, 6) is -8.10. The molecule has 2 saturated heterocycles. The number of esters is 1. The summed E-state index contributed by atoms with van der Waals surface area (Å²) in [6, 6.07) is -1.15. The number of amides is 1. The molecule has 15 atom stereocenters. The molecular formula is C52H82NO14P. The monoisotopic (exact) mass is 976 g/mol. The van der Waals surface area contributed by atoms with E-state index < -0.39 is 85.1 Å². The first-order chi connectivity index (χ1) is 32.0. The SMILES string of the molecule is CO[C@H]1C[C@@H]2CC[C@@H](C)[C@@](O)(O2)C(=O)C(=O)N2CCCC[C@H]2C(=O)O[C@H]([C@H](C)C[C@@H]2CCC(OP(C)(C)=O)[C@H](OC)C2)CC(=O)[C@H](C)/C=C/[C@@H](O)[C@@H](OC)C(=O)[C@H](C)C[C@H](C)/C=C/C=CC=C1C. The van der Waals surface area contributed by atoms with E-state index in [4.69, 9.17) is 28.2 Å². The molecule has 2 bridgehead atoms. The van der Waals surface area contributed by atoms with Crippen molar-refractivity contribution < 1.29 is 67.0 Å². The molecule has 1 unspecified atom stereocenters. The molecule has 16 heteroatoms. The van der Waals surface area contributed by atoms with Crippen LogP contribution < -0.4 is 0 Å². The Labute approximate surface area is 405 Å². The average molecular weight is 976 g/mol.